The van der Waals surface area contributed by atoms with Gasteiger partial charge in [0.05, 0.1) is 15.7 Å². The smallest absolute Gasteiger partial charge is 0.449 e. The molecule has 9 heteroatoms. The van der Waals surface area contributed by atoms with Gasteiger partial charge in [-0.15, -0.1) is 11.3 Å². The molecule has 6 nitrogen and oxygen atoms in total. The molecular formula is C27H20Cl2N2O4S. The first-order chi connectivity index (χ1) is 17.4. The van der Waals surface area contributed by atoms with Gasteiger partial charge >= 0.3 is 6.16 Å². The normalized spacial score (nSPS) is 13.1. The fourth-order valence-electron chi connectivity index (χ4n) is 4.16. The molecule has 0 aliphatic carbocycles. The molecule has 36 heavy (non-hydrogen) atoms. The van der Waals surface area contributed by atoms with E-state index in [1.54, 1.807) is 48.5 Å². The quantitative estimate of drug-likeness (QED) is 0.207. The van der Waals surface area contributed by atoms with Crippen LogP contribution in [0.25, 0.3) is 33.0 Å². The minimum atomic E-state index is -1.41. The van der Waals surface area contributed by atoms with Crippen molar-refractivity contribution in [2.45, 2.75) is 12.8 Å². The van der Waals surface area contributed by atoms with Crippen LogP contribution in [-0.2, 0) is 0 Å². The molecule has 1 fully saturated rings. The molecule has 1 amide bonds. The number of aromatic nitrogens is 1. The van der Waals surface area contributed by atoms with E-state index in [9.17, 15) is 14.7 Å². The number of benzene rings is 3. The van der Waals surface area contributed by atoms with Crippen LogP contribution in [0.5, 0.6) is 5.75 Å². The van der Waals surface area contributed by atoms with E-state index in [0.29, 0.717) is 31.7 Å². The molecule has 0 radical (unpaired) electrons. The predicted octanol–water partition coefficient (Wildman–Crippen LogP) is 7.74. The van der Waals surface area contributed by atoms with Crippen LogP contribution in [0.2, 0.25) is 10.0 Å². The van der Waals surface area contributed by atoms with Crippen molar-refractivity contribution >= 4 is 46.6 Å². The van der Waals surface area contributed by atoms with Crippen molar-refractivity contribution < 1.29 is 19.4 Å². The highest BCUT2D eigenvalue weighted by Gasteiger charge is 2.20. The molecule has 4 aromatic rings. The molecule has 2 heterocycles. The van der Waals surface area contributed by atoms with Crippen LogP contribution in [0.15, 0.2) is 66.0 Å². The number of likely N-dealkylation sites (tertiary alicyclic amines) is 1. The Labute approximate surface area is 221 Å². The second-order valence-corrected chi connectivity index (χ2v) is 9.99. The second kappa shape index (κ2) is 10.3. The lowest BCUT2D eigenvalue weighted by Crippen LogP contribution is -2.27. The Kier molecular flexibility index (Phi) is 6.96. The van der Waals surface area contributed by atoms with Crippen LogP contribution in [0.3, 0.4) is 0 Å². The van der Waals surface area contributed by atoms with Gasteiger partial charge in [-0.1, -0.05) is 47.5 Å². The van der Waals surface area contributed by atoms with Gasteiger partial charge in [0.25, 0.3) is 5.91 Å². The summed E-state index contributed by atoms with van der Waals surface area (Å²) in [4.78, 5) is 30.6. The summed E-state index contributed by atoms with van der Waals surface area (Å²) in [7, 11) is 0. The van der Waals surface area contributed by atoms with Gasteiger partial charge in [0, 0.05) is 40.7 Å². The summed E-state index contributed by atoms with van der Waals surface area (Å²) >= 11 is 13.6. The van der Waals surface area contributed by atoms with Crippen LogP contribution in [0.4, 0.5) is 4.79 Å². The average Bonchev–Trinajstić information content (AvgIpc) is 3.58. The van der Waals surface area contributed by atoms with Crippen molar-refractivity contribution in [1.82, 2.24) is 9.88 Å². The van der Waals surface area contributed by atoms with Gasteiger partial charge in [-0.3, -0.25) is 4.79 Å². The van der Waals surface area contributed by atoms with Crippen LogP contribution in [-0.4, -0.2) is 40.1 Å². The van der Waals surface area contributed by atoms with Crippen LogP contribution in [0, 0.1) is 0 Å². The van der Waals surface area contributed by atoms with Crippen LogP contribution >= 0.6 is 34.5 Å². The van der Waals surface area contributed by atoms with Gasteiger partial charge in [0.1, 0.15) is 10.8 Å². The monoisotopic (exact) mass is 538 g/mol. The topological polar surface area (TPSA) is 79.7 Å². The number of ether oxygens (including phenoxy) is 1. The number of carbonyl (C=O) groups is 2. The number of hydrogen-bond donors (Lipinski definition) is 1. The molecule has 5 rings (SSSR count). The largest absolute Gasteiger partial charge is 0.511 e. The Morgan fingerprint density at radius 1 is 0.889 bits per heavy atom. The van der Waals surface area contributed by atoms with Crippen molar-refractivity contribution in [3.63, 3.8) is 0 Å². The van der Waals surface area contributed by atoms with Gasteiger partial charge in [-0.05, 0) is 54.8 Å². The molecule has 1 aromatic heterocycles. The Hall–Kier alpha value is -3.39. The molecule has 3 aromatic carbocycles. The van der Waals surface area contributed by atoms with E-state index >= 15 is 0 Å². The number of carbonyl (C=O) groups excluding carboxylic acids is 1. The fraction of sp³-hybridized carbons (Fsp3) is 0.148. The first kappa shape index (κ1) is 24.3. The number of rotatable bonds is 5. The van der Waals surface area contributed by atoms with Gasteiger partial charge in [0.15, 0.2) is 0 Å². The van der Waals surface area contributed by atoms with E-state index in [-0.39, 0.29) is 11.7 Å². The lowest BCUT2D eigenvalue weighted by molar-refractivity contribution is 0.0792. The molecule has 0 saturated carbocycles. The number of halogens is 2. The molecule has 1 saturated heterocycles. The van der Waals surface area contributed by atoms with Crippen LogP contribution in [0.1, 0.15) is 23.2 Å². The third-order valence-electron chi connectivity index (χ3n) is 5.98. The summed E-state index contributed by atoms with van der Waals surface area (Å²) in [5.41, 5.74) is 4.22. The van der Waals surface area contributed by atoms with E-state index in [1.165, 1.54) is 11.3 Å². The number of amides is 1. The zero-order valence-corrected chi connectivity index (χ0v) is 21.2. The van der Waals surface area contributed by atoms with Gasteiger partial charge < -0.3 is 14.7 Å². The first-order valence-corrected chi connectivity index (χ1v) is 12.9. The SMILES string of the molecule is O=C(O)Oc1cc(-c2nc(-c3ccc(Cl)c(Cl)c3)cs2)ccc1-c1ccc(C(=O)N2CCCC2)cc1. The highest BCUT2D eigenvalue weighted by atomic mass is 35.5. The van der Waals surface area contributed by atoms with E-state index in [2.05, 4.69) is 4.98 Å². The molecule has 182 valence electrons. The standard InChI is InChI=1S/C27H20Cl2N2O4S/c28-21-10-8-18(13-22(21)29)23-15-36-25(30-23)19-7-9-20(24(14-19)35-27(33)34)16-3-5-17(6-4-16)26(32)31-11-1-2-12-31/h3-10,13-15H,1-2,11-12H2,(H,33,34). The third kappa shape index (κ3) is 5.09. The molecule has 0 spiro atoms. The van der Waals surface area contributed by atoms with Gasteiger partial charge in [-0.25, -0.2) is 9.78 Å². The van der Waals surface area contributed by atoms with Crippen molar-refractivity contribution in [3.8, 4) is 38.7 Å². The Morgan fingerprint density at radius 3 is 2.28 bits per heavy atom. The van der Waals surface area contributed by atoms with E-state index in [4.69, 9.17) is 27.9 Å². The Bertz CT molecular complexity index is 1450. The lowest BCUT2D eigenvalue weighted by Gasteiger charge is -2.15. The molecule has 1 N–H and O–H groups in total. The maximum atomic E-state index is 12.7. The first-order valence-electron chi connectivity index (χ1n) is 11.2. The molecule has 0 unspecified atom stereocenters. The summed E-state index contributed by atoms with van der Waals surface area (Å²) in [6.07, 6.45) is 0.644. The minimum Gasteiger partial charge on any atom is -0.449 e. The molecule has 0 atom stereocenters. The molecule has 1 aliphatic rings. The zero-order chi connectivity index (χ0) is 25.2. The number of hydrogen-bond acceptors (Lipinski definition) is 5. The van der Waals surface area contributed by atoms with Gasteiger partial charge in [-0.2, -0.15) is 0 Å². The maximum absolute atomic E-state index is 12.7. The maximum Gasteiger partial charge on any atom is 0.511 e. The molecular weight excluding hydrogens is 519 g/mol. The summed E-state index contributed by atoms with van der Waals surface area (Å²) in [6.45, 7) is 1.56. The van der Waals surface area contributed by atoms with Crippen molar-refractivity contribution in [2.75, 3.05) is 13.1 Å². The number of carboxylic acid groups (broad SMARTS) is 1. The summed E-state index contributed by atoms with van der Waals surface area (Å²) < 4.78 is 5.13. The Morgan fingerprint density at radius 2 is 1.58 bits per heavy atom. The predicted molar refractivity (Wildman–Crippen MR) is 142 cm³/mol. The highest BCUT2D eigenvalue weighted by Crippen LogP contribution is 2.37. The highest BCUT2D eigenvalue weighted by molar-refractivity contribution is 7.13. The van der Waals surface area contributed by atoms with E-state index in [0.717, 1.165) is 42.8 Å². The van der Waals surface area contributed by atoms with Crippen molar-refractivity contribution in [2.24, 2.45) is 0 Å². The second-order valence-electron chi connectivity index (χ2n) is 8.32. The van der Waals surface area contributed by atoms with Crippen molar-refractivity contribution in [1.29, 1.82) is 0 Å². The van der Waals surface area contributed by atoms with Gasteiger partial charge in [0.2, 0.25) is 0 Å². The molecule has 1 aliphatic heterocycles. The van der Waals surface area contributed by atoms with Crippen LogP contribution < -0.4 is 4.74 Å². The number of nitrogens with zero attached hydrogens (tertiary/aromatic N) is 2. The van der Waals surface area contributed by atoms with E-state index < -0.39 is 6.16 Å². The summed E-state index contributed by atoms with van der Waals surface area (Å²) in [5.74, 6) is 0.197. The number of thiazole rings is 1. The minimum absolute atomic E-state index is 0.0120. The zero-order valence-electron chi connectivity index (χ0n) is 18.9. The summed E-state index contributed by atoms with van der Waals surface area (Å²) in [5, 5.41) is 12.8. The lowest BCUT2D eigenvalue weighted by atomic mass is 10.0. The fourth-order valence-corrected chi connectivity index (χ4v) is 5.29. The van der Waals surface area contributed by atoms with E-state index in [1.807, 2.05) is 22.4 Å². The summed E-state index contributed by atoms with van der Waals surface area (Å²) in [6, 6.07) is 17.8. The van der Waals surface area contributed by atoms with Crippen molar-refractivity contribution in [3.05, 3.63) is 81.7 Å². The average molecular weight is 539 g/mol. The third-order valence-corrected chi connectivity index (χ3v) is 7.61. The molecule has 0 bridgehead atoms. The Balaban J connectivity index is 1.44.